The lowest BCUT2D eigenvalue weighted by atomic mass is 10.1. The van der Waals surface area contributed by atoms with E-state index in [1.807, 2.05) is 6.07 Å². The van der Waals surface area contributed by atoms with Crippen LogP contribution in [0.1, 0.15) is 15.9 Å². The molecule has 0 fully saturated rings. The van der Waals surface area contributed by atoms with Gasteiger partial charge >= 0.3 is 0 Å². The van der Waals surface area contributed by atoms with Crippen molar-refractivity contribution >= 4 is 5.78 Å². The fraction of sp³-hybridized carbons (Fsp3) is 0.111. The van der Waals surface area contributed by atoms with Crippen molar-refractivity contribution < 1.29 is 14.6 Å². The number of ketones is 1. The highest BCUT2D eigenvalue weighted by Gasteiger charge is 2.24. The molecular weight excluding hydrogens is 170 g/mol. The fourth-order valence-corrected chi connectivity index (χ4v) is 1.27. The van der Waals surface area contributed by atoms with Crippen molar-refractivity contribution in [2.75, 3.05) is 6.61 Å². The number of phenolic OH excluding ortho intramolecular Hbond substituents is 1. The molecule has 1 N–H and O–H groups in total. The van der Waals surface area contributed by atoms with Gasteiger partial charge in [-0.1, -0.05) is 0 Å². The van der Waals surface area contributed by atoms with Gasteiger partial charge in [0.15, 0.2) is 6.61 Å². The minimum absolute atomic E-state index is 0.0481. The van der Waals surface area contributed by atoms with E-state index in [-0.39, 0.29) is 35.0 Å². The third-order valence-electron chi connectivity index (χ3n) is 1.84. The predicted molar refractivity (Wildman–Crippen MR) is 42.6 cm³/mol. The van der Waals surface area contributed by atoms with Crippen LogP contribution in [-0.2, 0) is 0 Å². The molecule has 1 aromatic rings. The fourth-order valence-electron chi connectivity index (χ4n) is 1.27. The summed E-state index contributed by atoms with van der Waals surface area (Å²) in [5.74, 6) is -0.0122. The van der Waals surface area contributed by atoms with Crippen LogP contribution < -0.4 is 4.74 Å². The average Bonchev–Trinajstić information content (AvgIpc) is 2.47. The molecule has 0 radical (unpaired) electrons. The second-order valence-corrected chi connectivity index (χ2v) is 2.69. The molecule has 2 rings (SSSR count). The van der Waals surface area contributed by atoms with Crippen molar-refractivity contribution in [2.45, 2.75) is 0 Å². The zero-order valence-corrected chi connectivity index (χ0v) is 6.57. The molecule has 1 aliphatic heterocycles. The first kappa shape index (κ1) is 7.62. The summed E-state index contributed by atoms with van der Waals surface area (Å²) in [5.41, 5.74) is 0.484. The number of hydrogen-bond acceptors (Lipinski definition) is 4. The summed E-state index contributed by atoms with van der Waals surface area (Å²) in [6.07, 6.45) is 0. The van der Waals surface area contributed by atoms with E-state index < -0.39 is 0 Å². The summed E-state index contributed by atoms with van der Waals surface area (Å²) in [6, 6.07) is 4.44. The van der Waals surface area contributed by atoms with E-state index in [1.165, 1.54) is 12.1 Å². The third kappa shape index (κ3) is 1.02. The molecular formula is C9H5NO3. The van der Waals surface area contributed by atoms with Gasteiger partial charge in [-0.15, -0.1) is 0 Å². The van der Waals surface area contributed by atoms with Gasteiger partial charge in [-0.2, -0.15) is 5.26 Å². The van der Waals surface area contributed by atoms with Crippen molar-refractivity contribution in [1.29, 1.82) is 5.26 Å². The number of nitriles is 1. The number of ether oxygens (including phenoxy) is 1. The van der Waals surface area contributed by atoms with Crippen LogP contribution in [0.5, 0.6) is 11.5 Å². The van der Waals surface area contributed by atoms with E-state index in [0.717, 1.165) is 0 Å². The number of hydrogen-bond donors (Lipinski definition) is 1. The first-order valence-corrected chi connectivity index (χ1v) is 3.65. The van der Waals surface area contributed by atoms with E-state index in [9.17, 15) is 4.79 Å². The topological polar surface area (TPSA) is 70.3 Å². The molecule has 0 aromatic heterocycles. The SMILES string of the molecule is N#Cc1cc(O)cc2c1OCC2=O. The first-order chi connectivity index (χ1) is 6.22. The quantitative estimate of drug-likeness (QED) is 0.634. The number of fused-ring (bicyclic) bond motifs is 1. The Kier molecular flexibility index (Phi) is 1.46. The van der Waals surface area contributed by atoms with Crippen LogP contribution in [-0.4, -0.2) is 17.5 Å². The zero-order chi connectivity index (χ0) is 9.42. The average molecular weight is 175 g/mol. The summed E-state index contributed by atoms with van der Waals surface area (Å²) in [4.78, 5) is 11.1. The van der Waals surface area contributed by atoms with E-state index in [1.54, 1.807) is 0 Å². The highest BCUT2D eigenvalue weighted by Crippen LogP contribution is 2.32. The van der Waals surface area contributed by atoms with Crippen molar-refractivity contribution in [2.24, 2.45) is 0 Å². The van der Waals surface area contributed by atoms with Crippen molar-refractivity contribution in [3.63, 3.8) is 0 Å². The maximum atomic E-state index is 11.1. The monoisotopic (exact) mass is 175 g/mol. The Bertz CT molecular complexity index is 431. The molecule has 0 aliphatic carbocycles. The predicted octanol–water partition coefficient (Wildman–Crippen LogP) is 0.839. The molecule has 4 nitrogen and oxygen atoms in total. The minimum Gasteiger partial charge on any atom is -0.508 e. The highest BCUT2D eigenvalue weighted by molar-refractivity contribution is 6.03. The normalized spacial score (nSPS) is 13.3. The summed E-state index contributed by atoms with van der Waals surface area (Å²) in [6.45, 7) is -0.0481. The lowest BCUT2D eigenvalue weighted by molar-refractivity contribution is 0.0961. The van der Waals surface area contributed by atoms with Crippen LogP contribution in [0, 0.1) is 11.3 Å². The van der Waals surface area contributed by atoms with E-state index in [2.05, 4.69) is 0 Å². The largest absolute Gasteiger partial charge is 0.508 e. The number of carbonyl (C=O) groups is 1. The van der Waals surface area contributed by atoms with Crippen molar-refractivity contribution in [3.8, 4) is 17.6 Å². The van der Waals surface area contributed by atoms with E-state index >= 15 is 0 Å². The Morgan fingerprint density at radius 2 is 2.31 bits per heavy atom. The second-order valence-electron chi connectivity index (χ2n) is 2.69. The molecule has 0 spiro atoms. The Balaban J connectivity index is 2.72. The minimum atomic E-state index is -0.206. The Hall–Kier alpha value is -2.02. The standard InChI is InChI=1S/C9H5NO3/c10-3-5-1-6(11)2-7-8(12)4-13-9(5)7/h1-2,11H,4H2. The van der Waals surface area contributed by atoms with E-state index in [0.29, 0.717) is 0 Å². The molecule has 0 amide bonds. The molecule has 4 heteroatoms. The van der Waals surface area contributed by atoms with Crippen LogP contribution in [0.25, 0.3) is 0 Å². The number of rotatable bonds is 0. The highest BCUT2D eigenvalue weighted by atomic mass is 16.5. The van der Waals surface area contributed by atoms with Gasteiger partial charge in [-0.3, -0.25) is 4.79 Å². The molecule has 0 bridgehead atoms. The zero-order valence-electron chi connectivity index (χ0n) is 6.57. The van der Waals surface area contributed by atoms with Crippen molar-refractivity contribution in [1.82, 2.24) is 0 Å². The molecule has 1 aliphatic rings. The number of carbonyl (C=O) groups excluding carboxylic acids is 1. The first-order valence-electron chi connectivity index (χ1n) is 3.65. The van der Waals surface area contributed by atoms with Crippen LogP contribution in [0.3, 0.4) is 0 Å². The molecule has 0 atom stereocenters. The molecule has 0 unspecified atom stereocenters. The van der Waals surface area contributed by atoms with Gasteiger partial charge < -0.3 is 9.84 Å². The molecule has 0 saturated carbocycles. The maximum Gasteiger partial charge on any atom is 0.204 e. The summed E-state index contributed by atoms with van der Waals surface area (Å²) >= 11 is 0. The van der Waals surface area contributed by atoms with Crippen LogP contribution >= 0.6 is 0 Å². The van der Waals surface area contributed by atoms with Gasteiger partial charge in [0.05, 0.1) is 11.1 Å². The number of aromatic hydroxyl groups is 1. The lowest BCUT2D eigenvalue weighted by Crippen LogP contribution is -1.98. The molecule has 13 heavy (non-hydrogen) atoms. The summed E-state index contributed by atoms with van der Waals surface area (Å²) in [5, 5.41) is 17.8. The Morgan fingerprint density at radius 1 is 1.54 bits per heavy atom. The number of Topliss-reactive ketones (excluding diaryl/α,β-unsaturated/α-hetero) is 1. The second kappa shape index (κ2) is 2.49. The number of benzene rings is 1. The molecule has 1 aromatic carbocycles. The van der Waals surface area contributed by atoms with Crippen LogP contribution in [0.15, 0.2) is 12.1 Å². The van der Waals surface area contributed by atoms with Crippen LogP contribution in [0.4, 0.5) is 0 Å². The Labute approximate surface area is 74.0 Å². The van der Waals surface area contributed by atoms with Gasteiger partial charge in [0.1, 0.15) is 17.6 Å². The number of nitrogens with zero attached hydrogens (tertiary/aromatic N) is 1. The van der Waals surface area contributed by atoms with Gasteiger partial charge in [-0.05, 0) is 6.07 Å². The van der Waals surface area contributed by atoms with Gasteiger partial charge in [0.25, 0.3) is 0 Å². The summed E-state index contributed by atoms with van der Waals surface area (Å²) < 4.78 is 5.00. The van der Waals surface area contributed by atoms with Gasteiger partial charge in [0, 0.05) is 6.07 Å². The molecule has 0 saturated heterocycles. The maximum absolute atomic E-state index is 11.1. The molecule has 1 heterocycles. The van der Waals surface area contributed by atoms with Crippen LogP contribution in [0.2, 0.25) is 0 Å². The molecule has 64 valence electrons. The van der Waals surface area contributed by atoms with Gasteiger partial charge in [0.2, 0.25) is 5.78 Å². The Morgan fingerprint density at radius 3 is 3.00 bits per heavy atom. The summed E-state index contributed by atoms with van der Waals surface area (Å²) in [7, 11) is 0. The number of phenols is 1. The van der Waals surface area contributed by atoms with Crippen molar-refractivity contribution in [3.05, 3.63) is 23.3 Å². The van der Waals surface area contributed by atoms with Gasteiger partial charge in [-0.25, -0.2) is 0 Å². The van der Waals surface area contributed by atoms with E-state index in [4.69, 9.17) is 15.1 Å². The third-order valence-corrected chi connectivity index (χ3v) is 1.84. The lowest BCUT2D eigenvalue weighted by Gasteiger charge is -2.00. The smallest absolute Gasteiger partial charge is 0.204 e.